The summed E-state index contributed by atoms with van der Waals surface area (Å²) in [7, 11) is 0. The van der Waals surface area contributed by atoms with E-state index in [-0.39, 0.29) is 5.78 Å². The molecular formula is C15H20ClNO. The second kappa shape index (κ2) is 6.35. The molecule has 0 amide bonds. The van der Waals surface area contributed by atoms with Crippen molar-refractivity contribution in [3.8, 4) is 0 Å². The van der Waals surface area contributed by atoms with Gasteiger partial charge in [-0.1, -0.05) is 30.2 Å². The van der Waals surface area contributed by atoms with E-state index in [1.807, 2.05) is 18.2 Å². The Morgan fingerprint density at radius 2 is 2.28 bits per heavy atom. The first-order valence-electron chi connectivity index (χ1n) is 6.63. The Kier molecular flexibility index (Phi) is 4.79. The van der Waals surface area contributed by atoms with E-state index in [4.69, 9.17) is 11.6 Å². The van der Waals surface area contributed by atoms with E-state index in [9.17, 15) is 4.79 Å². The molecule has 1 saturated heterocycles. The minimum Gasteiger partial charge on any atom is -0.300 e. The molecule has 1 aliphatic heterocycles. The lowest BCUT2D eigenvalue weighted by atomic mass is 9.97. The topological polar surface area (TPSA) is 20.3 Å². The van der Waals surface area contributed by atoms with Gasteiger partial charge in [-0.05, 0) is 44.0 Å². The Bertz CT molecular complexity index is 419. The van der Waals surface area contributed by atoms with Crippen LogP contribution in [-0.2, 0) is 11.3 Å². The van der Waals surface area contributed by atoms with Crippen LogP contribution in [0.5, 0.6) is 0 Å². The van der Waals surface area contributed by atoms with E-state index in [1.54, 1.807) is 6.92 Å². The predicted octanol–water partition coefficient (Wildman–Crippen LogP) is 3.67. The van der Waals surface area contributed by atoms with E-state index in [0.717, 1.165) is 24.5 Å². The SMILES string of the molecule is CC(=O)CC1CCCCN1Cc1cccc(Cl)c1. The van der Waals surface area contributed by atoms with Crippen molar-refractivity contribution >= 4 is 17.4 Å². The van der Waals surface area contributed by atoms with E-state index in [2.05, 4.69) is 11.0 Å². The number of rotatable bonds is 4. The first kappa shape index (κ1) is 13.6. The van der Waals surface area contributed by atoms with Crippen molar-refractivity contribution in [1.29, 1.82) is 0 Å². The van der Waals surface area contributed by atoms with E-state index < -0.39 is 0 Å². The largest absolute Gasteiger partial charge is 0.300 e. The Labute approximate surface area is 114 Å². The zero-order valence-corrected chi connectivity index (χ0v) is 11.6. The second-order valence-corrected chi connectivity index (χ2v) is 5.59. The van der Waals surface area contributed by atoms with Gasteiger partial charge in [0.2, 0.25) is 0 Å². The fourth-order valence-corrected chi connectivity index (χ4v) is 2.91. The first-order valence-corrected chi connectivity index (χ1v) is 7.01. The van der Waals surface area contributed by atoms with E-state index >= 15 is 0 Å². The molecule has 1 fully saturated rings. The third-order valence-electron chi connectivity index (χ3n) is 3.55. The molecule has 1 unspecified atom stereocenters. The maximum absolute atomic E-state index is 11.3. The fourth-order valence-electron chi connectivity index (χ4n) is 2.70. The lowest BCUT2D eigenvalue weighted by Gasteiger charge is -2.35. The van der Waals surface area contributed by atoms with Crippen molar-refractivity contribution in [2.24, 2.45) is 0 Å². The molecule has 98 valence electrons. The average molecular weight is 266 g/mol. The maximum Gasteiger partial charge on any atom is 0.131 e. The molecule has 18 heavy (non-hydrogen) atoms. The summed E-state index contributed by atoms with van der Waals surface area (Å²) in [6.07, 6.45) is 4.29. The lowest BCUT2D eigenvalue weighted by molar-refractivity contribution is -0.118. The van der Waals surface area contributed by atoms with Crippen LogP contribution in [0, 0.1) is 0 Å². The Morgan fingerprint density at radius 1 is 1.44 bits per heavy atom. The number of carbonyl (C=O) groups is 1. The molecule has 0 aromatic heterocycles. The molecular weight excluding hydrogens is 246 g/mol. The van der Waals surface area contributed by atoms with Crippen molar-refractivity contribution in [2.75, 3.05) is 6.54 Å². The van der Waals surface area contributed by atoms with Gasteiger partial charge in [-0.15, -0.1) is 0 Å². The van der Waals surface area contributed by atoms with Crippen LogP contribution in [0.1, 0.15) is 38.2 Å². The van der Waals surface area contributed by atoms with Crippen molar-refractivity contribution < 1.29 is 4.79 Å². The molecule has 0 aliphatic carbocycles. The number of likely N-dealkylation sites (tertiary alicyclic amines) is 1. The molecule has 0 spiro atoms. The van der Waals surface area contributed by atoms with Crippen LogP contribution in [-0.4, -0.2) is 23.3 Å². The van der Waals surface area contributed by atoms with E-state index in [0.29, 0.717) is 12.5 Å². The van der Waals surface area contributed by atoms with Crippen molar-refractivity contribution in [3.63, 3.8) is 0 Å². The number of carbonyl (C=O) groups excluding carboxylic acids is 1. The quantitative estimate of drug-likeness (QED) is 0.828. The summed E-state index contributed by atoms with van der Waals surface area (Å²) < 4.78 is 0. The highest BCUT2D eigenvalue weighted by Crippen LogP contribution is 2.23. The molecule has 2 nitrogen and oxygen atoms in total. The third kappa shape index (κ3) is 3.82. The summed E-state index contributed by atoms with van der Waals surface area (Å²) >= 11 is 6.01. The smallest absolute Gasteiger partial charge is 0.131 e. The van der Waals surface area contributed by atoms with Gasteiger partial charge >= 0.3 is 0 Å². The fraction of sp³-hybridized carbons (Fsp3) is 0.533. The molecule has 1 aromatic carbocycles. The number of hydrogen-bond acceptors (Lipinski definition) is 2. The van der Waals surface area contributed by atoms with Crippen LogP contribution in [0.2, 0.25) is 5.02 Å². The third-order valence-corrected chi connectivity index (χ3v) is 3.78. The van der Waals surface area contributed by atoms with Gasteiger partial charge in [-0.2, -0.15) is 0 Å². The van der Waals surface area contributed by atoms with Gasteiger partial charge in [-0.25, -0.2) is 0 Å². The Balaban J connectivity index is 2.03. The first-order chi connectivity index (χ1) is 8.65. The molecule has 1 aliphatic rings. The van der Waals surface area contributed by atoms with Gasteiger partial charge in [-0.3, -0.25) is 9.69 Å². The standard InChI is InChI=1S/C15H20ClNO/c1-12(18)9-15-7-2-3-8-17(15)11-13-5-4-6-14(16)10-13/h4-6,10,15H,2-3,7-9,11H2,1H3. The summed E-state index contributed by atoms with van der Waals surface area (Å²) in [5.74, 6) is 0.290. The minimum absolute atomic E-state index is 0.290. The second-order valence-electron chi connectivity index (χ2n) is 5.16. The monoisotopic (exact) mass is 265 g/mol. The summed E-state index contributed by atoms with van der Waals surface area (Å²) in [6, 6.07) is 8.41. The zero-order chi connectivity index (χ0) is 13.0. The normalized spacial score (nSPS) is 20.9. The van der Waals surface area contributed by atoms with Crippen LogP contribution < -0.4 is 0 Å². The van der Waals surface area contributed by atoms with Gasteiger partial charge < -0.3 is 0 Å². The highest BCUT2D eigenvalue weighted by atomic mass is 35.5. The Morgan fingerprint density at radius 3 is 3.00 bits per heavy atom. The van der Waals surface area contributed by atoms with Crippen LogP contribution in [0.15, 0.2) is 24.3 Å². The summed E-state index contributed by atoms with van der Waals surface area (Å²) in [4.78, 5) is 13.7. The minimum atomic E-state index is 0.290. The highest BCUT2D eigenvalue weighted by molar-refractivity contribution is 6.30. The zero-order valence-electron chi connectivity index (χ0n) is 10.9. The number of Topliss-reactive ketones (excluding diaryl/α,β-unsaturated/α-hetero) is 1. The number of benzene rings is 1. The average Bonchev–Trinajstić information content (AvgIpc) is 2.31. The molecule has 0 radical (unpaired) electrons. The number of piperidine rings is 1. The molecule has 0 saturated carbocycles. The predicted molar refractivity (Wildman–Crippen MR) is 74.8 cm³/mol. The van der Waals surface area contributed by atoms with Gasteiger partial charge in [0.1, 0.15) is 5.78 Å². The molecule has 0 bridgehead atoms. The molecule has 2 rings (SSSR count). The Hall–Kier alpha value is -0.860. The van der Waals surface area contributed by atoms with Crippen LogP contribution >= 0.6 is 11.6 Å². The van der Waals surface area contributed by atoms with Crippen LogP contribution in [0.25, 0.3) is 0 Å². The van der Waals surface area contributed by atoms with Gasteiger partial charge in [0.25, 0.3) is 0 Å². The number of nitrogens with zero attached hydrogens (tertiary/aromatic N) is 1. The molecule has 1 aromatic rings. The van der Waals surface area contributed by atoms with Crippen molar-refractivity contribution in [1.82, 2.24) is 4.90 Å². The maximum atomic E-state index is 11.3. The highest BCUT2D eigenvalue weighted by Gasteiger charge is 2.23. The summed E-state index contributed by atoms with van der Waals surface area (Å²) in [6.45, 7) is 3.68. The summed E-state index contributed by atoms with van der Waals surface area (Å²) in [5.41, 5.74) is 1.23. The molecule has 0 N–H and O–H groups in total. The molecule has 1 heterocycles. The van der Waals surface area contributed by atoms with Crippen molar-refractivity contribution in [2.45, 2.75) is 45.2 Å². The number of hydrogen-bond donors (Lipinski definition) is 0. The van der Waals surface area contributed by atoms with E-state index in [1.165, 1.54) is 18.4 Å². The lowest BCUT2D eigenvalue weighted by Crippen LogP contribution is -2.39. The number of ketones is 1. The van der Waals surface area contributed by atoms with Gasteiger partial charge in [0.05, 0.1) is 0 Å². The van der Waals surface area contributed by atoms with Crippen LogP contribution in [0.3, 0.4) is 0 Å². The van der Waals surface area contributed by atoms with Gasteiger partial charge in [0.15, 0.2) is 0 Å². The molecule has 3 heteroatoms. The summed E-state index contributed by atoms with van der Waals surface area (Å²) in [5, 5.41) is 0.785. The van der Waals surface area contributed by atoms with Crippen molar-refractivity contribution in [3.05, 3.63) is 34.9 Å². The van der Waals surface area contributed by atoms with Gasteiger partial charge in [0, 0.05) is 24.0 Å². The van der Waals surface area contributed by atoms with Crippen LogP contribution in [0.4, 0.5) is 0 Å². The number of halogens is 1. The molecule has 1 atom stereocenters.